The van der Waals surface area contributed by atoms with Crippen LogP contribution in [0.1, 0.15) is 41.7 Å². The topological polar surface area (TPSA) is 36.3 Å². The van der Waals surface area contributed by atoms with Gasteiger partial charge in [0.05, 0.1) is 17.8 Å². The molecule has 0 amide bonds. The Bertz CT molecular complexity index is 1040. The molecule has 1 aliphatic heterocycles. The first-order valence-corrected chi connectivity index (χ1v) is 10.8. The second-order valence-corrected chi connectivity index (χ2v) is 8.37. The minimum Gasteiger partial charge on any atom is -0.378 e. The van der Waals surface area contributed by atoms with Crippen LogP contribution in [0.4, 0.5) is 5.69 Å². The zero-order chi connectivity index (χ0) is 21.4. The molecule has 0 bridgehead atoms. The van der Waals surface area contributed by atoms with Crippen molar-refractivity contribution < 1.29 is 0 Å². The molecule has 1 saturated heterocycles. The van der Waals surface area contributed by atoms with Crippen molar-refractivity contribution >= 4 is 23.0 Å². The number of thiocarbonyl (C=S) groups is 1. The molecule has 4 rings (SSSR count). The Labute approximate surface area is 184 Å². The predicted molar refractivity (Wildman–Crippen MR) is 127 cm³/mol. The fraction of sp³-hybridized carbons (Fsp3) is 0.333. The maximum Gasteiger partial charge on any atom is 0.170 e. The monoisotopic (exact) mass is 419 g/mol. The Balaban J connectivity index is 1.79. The lowest BCUT2D eigenvalue weighted by molar-refractivity contribution is 0.329. The van der Waals surface area contributed by atoms with Gasteiger partial charge in [0.25, 0.3) is 0 Å². The highest BCUT2D eigenvalue weighted by molar-refractivity contribution is 7.80. The van der Waals surface area contributed by atoms with E-state index < -0.39 is 0 Å². The molecule has 0 unspecified atom stereocenters. The van der Waals surface area contributed by atoms with Gasteiger partial charge in [-0.15, -0.1) is 0 Å². The molecule has 30 heavy (non-hydrogen) atoms. The number of pyridine rings is 1. The highest BCUT2D eigenvalue weighted by Crippen LogP contribution is 2.41. The summed E-state index contributed by atoms with van der Waals surface area (Å²) in [7, 11) is 4.12. The van der Waals surface area contributed by atoms with Crippen molar-refractivity contribution in [1.82, 2.24) is 19.8 Å². The van der Waals surface area contributed by atoms with Crippen LogP contribution >= 0.6 is 12.2 Å². The molecule has 0 spiro atoms. The van der Waals surface area contributed by atoms with Crippen LogP contribution in [0.5, 0.6) is 0 Å². The van der Waals surface area contributed by atoms with E-state index >= 15 is 0 Å². The van der Waals surface area contributed by atoms with Crippen LogP contribution in [0, 0.1) is 13.8 Å². The summed E-state index contributed by atoms with van der Waals surface area (Å²) in [5.41, 5.74) is 7.12. The zero-order valence-corrected chi connectivity index (χ0v) is 19.1. The van der Waals surface area contributed by atoms with Crippen LogP contribution in [0.25, 0.3) is 5.69 Å². The van der Waals surface area contributed by atoms with Gasteiger partial charge in [-0.2, -0.15) is 0 Å². The molecule has 3 aromatic rings. The lowest BCUT2D eigenvalue weighted by Gasteiger charge is -2.27. The van der Waals surface area contributed by atoms with E-state index in [0.29, 0.717) is 0 Å². The smallest absolute Gasteiger partial charge is 0.170 e. The lowest BCUT2D eigenvalue weighted by Crippen LogP contribution is -2.29. The van der Waals surface area contributed by atoms with Crippen molar-refractivity contribution in [2.24, 2.45) is 0 Å². The van der Waals surface area contributed by atoms with Gasteiger partial charge in [-0.05, 0) is 81.0 Å². The number of hydrogen-bond donors (Lipinski definition) is 1. The minimum atomic E-state index is 0.0312. The Hall–Kier alpha value is -2.86. The van der Waals surface area contributed by atoms with E-state index in [2.05, 4.69) is 95.9 Å². The molecule has 1 aromatic carbocycles. The fourth-order valence-electron chi connectivity index (χ4n) is 4.47. The largest absolute Gasteiger partial charge is 0.378 e. The van der Waals surface area contributed by atoms with E-state index in [1.807, 2.05) is 18.3 Å². The number of rotatable bonds is 5. The maximum atomic E-state index is 5.68. The molecule has 3 heterocycles. The highest BCUT2D eigenvalue weighted by Gasteiger charge is 2.40. The number of aryl methyl sites for hydroxylation is 1. The van der Waals surface area contributed by atoms with Crippen molar-refractivity contribution in [3.63, 3.8) is 0 Å². The van der Waals surface area contributed by atoms with E-state index in [-0.39, 0.29) is 12.1 Å². The minimum absolute atomic E-state index is 0.0312. The lowest BCUT2D eigenvalue weighted by atomic mass is 9.97. The van der Waals surface area contributed by atoms with Crippen molar-refractivity contribution in [2.45, 2.75) is 32.9 Å². The molecular formula is C24H29N5S. The summed E-state index contributed by atoms with van der Waals surface area (Å²) < 4.78 is 2.33. The SMILES string of the molecule is CCN1C(=S)N[C@H](c2ccccn2)[C@H]1c1cc(C)n(-c2ccc(N(C)C)cc2)c1C. The average molecular weight is 420 g/mol. The van der Waals surface area contributed by atoms with E-state index in [1.165, 1.54) is 28.3 Å². The molecular weight excluding hydrogens is 390 g/mol. The van der Waals surface area contributed by atoms with Crippen LogP contribution in [0.2, 0.25) is 0 Å². The third-order valence-corrected chi connectivity index (χ3v) is 6.30. The van der Waals surface area contributed by atoms with Gasteiger partial charge in [-0.1, -0.05) is 6.07 Å². The molecule has 1 N–H and O–H groups in total. The number of benzene rings is 1. The molecule has 2 aromatic heterocycles. The van der Waals surface area contributed by atoms with Gasteiger partial charge in [0.1, 0.15) is 0 Å². The van der Waals surface area contributed by atoms with Gasteiger partial charge >= 0.3 is 0 Å². The molecule has 2 atom stereocenters. The summed E-state index contributed by atoms with van der Waals surface area (Å²) in [4.78, 5) is 9.01. The van der Waals surface area contributed by atoms with Crippen molar-refractivity contribution in [3.8, 4) is 5.69 Å². The van der Waals surface area contributed by atoms with E-state index in [0.717, 1.165) is 17.4 Å². The number of anilines is 1. The van der Waals surface area contributed by atoms with Crippen LogP contribution in [-0.4, -0.2) is 40.2 Å². The normalized spacial score (nSPS) is 18.6. The first-order valence-electron chi connectivity index (χ1n) is 10.4. The second-order valence-electron chi connectivity index (χ2n) is 7.99. The number of aromatic nitrogens is 2. The number of hydrogen-bond acceptors (Lipinski definition) is 3. The summed E-state index contributed by atoms with van der Waals surface area (Å²) in [6.07, 6.45) is 1.85. The Kier molecular flexibility index (Phi) is 5.52. The standard InChI is InChI=1S/C24H29N5S/c1-6-28-23(22(26-24(28)30)21-9-7-8-14-25-21)20-15-16(2)29(17(20)3)19-12-10-18(11-13-19)27(4)5/h7-15,22-23H,6H2,1-5H3,(H,26,30)/t22-,23-/m1/s1. The van der Waals surface area contributed by atoms with E-state index in [9.17, 15) is 0 Å². The van der Waals surface area contributed by atoms with Gasteiger partial charge in [0.15, 0.2) is 5.11 Å². The first-order chi connectivity index (χ1) is 14.4. The van der Waals surface area contributed by atoms with Crippen LogP contribution in [0.15, 0.2) is 54.7 Å². The van der Waals surface area contributed by atoms with Gasteiger partial charge in [-0.3, -0.25) is 4.98 Å². The van der Waals surface area contributed by atoms with Gasteiger partial charge in [0.2, 0.25) is 0 Å². The van der Waals surface area contributed by atoms with Crippen LogP contribution in [0.3, 0.4) is 0 Å². The molecule has 0 aliphatic carbocycles. The van der Waals surface area contributed by atoms with E-state index in [4.69, 9.17) is 12.2 Å². The Morgan fingerprint density at radius 2 is 1.83 bits per heavy atom. The van der Waals surface area contributed by atoms with Crippen molar-refractivity contribution in [3.05, 3.63) is 77.4 Å². The van der Waals surface area contributed by atoms with Crippen LogP contribution in [-0.2, 0) is 0 Å². The summed E-state index contributed by atoms with van der Waals surface area (Å²) in [6.45, 7) is 7.37. The third kappa shape index (κ3) is 3.45. The molecule has 1 aliphatic rings. The fourth-order valence-corrected chi connectivity index (χ4v) is 4.84. The molecule has 1 fully saturated rings. The quantitative estimate of drug-likeness (QED) is 0.614. The molecule has 6 heteroatoms. The number of nitrogens with one attached hydrogen (secondary N) is 1. The predicted octanol–water partition coefficient (Wildman–Crippen LogP) is 4.55. The molecule has 0 saturated carbocycles. The average Bonchev–Trinajstić information content (AvgIpc) is 3.23. The Morgan fingerprint density at radius 3 is 2.43 bits per heavy atom. The van der Waals surface area contributed by atoms with E-state index in [1.54, 1.807) is 0 Å². The van der Waals surface area contributed by atoms with Crippen molar-refractivity contribution in [2.75, 3.05) is 25.5 Å². The summed E-state index contributed by atoms with van der Waals surface area (Å²) >= 11 is 5.68. The maximum absolute atomic E-state index is 5.68. The van der Waals surface area contributed by atoms with Gasteiger partial charge < -0.3 is 19.7 Å². The number of nitrogens with zero attached hydrogens (tertiary/aromatic N) is 4. The Morgan fingerprint density at radius 1 is 1.10 bits per heavy atom. The first kappa shape index (κ1) is 20.4. The van der Waals surface area contributed by atoms with Gasteiger partial charge in [-0.25, -0.2) is 0 Å². The van der Waals surface area contributed by atoms with Crippen molar-refractivity contribution in [1.29, 1.82) is 0 Å². The molecule has 5 nitrogen and oxygen atoms in total. The highest BCUT2D eigenvalue weighted by atomic mass is 32.1. The molecule has 0 radical (unpaired) electrons. The molecule has 156 valence electrons. The second kappa shape index (κ2) is 8.11. The van der Waals surface area contributed by atoms with Crippen LogP contribution < -0.4 is 10.2 Å². The third-order valence-electron chi connectivity index (χ3n) is 5.95. The van der Waals surface area contributed by atoms with Gasteiger partial charge in [0, 0.05) is 49.6 Å². The summed E-state index contributed by atoms with van der Waals surface area (Å²) in [5, 5.41) is 4.31. The summed E-state index contributed by atoms with van der Waals surface area (Å²) in [6, 6.07) is 17.2. The zero-order valence-electron chi connectivity index (χ0n) is 18.3. The number of likely N-dealkylation sites (N-methyl/N-ethyl adjacent to an activating group) is 1. The summed E-state index contributed by atoms with van der Waals surface area (Å²) in [5.74, 6) is 0.